The van der Waals surface area contributed by atoms with Crippen LogP contribution in [-0.2, 0) is 10.0 Å². The van der Waals surface area contributed by atoms with E-state index in [9.17, 15) is 8.42 Å². The van der Waals surface area contributed by atoms with Crippen molar-refractivity contribution >= 4 is 10.0 Å². The van der Waals surface area contributed by atoms with Gasteiger partial charge in [-0.05, 0) is 64.5 Å². The molecule has 1 N–H and O–H groups in total. The highest BCUT2D eigenvalue weighted by Gasteiger charge is 2.57. The highest BCUT2D eigenvalue weighted by atomic mass is 32.2. The van der Waals surface area contributed by atoms with Gasteiger partial charge in [0.25, 0.3) is 0 Å². The first-order chi connectivity index (χ1) is 8.39. The van der Waals surface area contributed by atoms with E-state index in [1.807, 2.05) is 11.2 Å². The van der Waals surface area contributed by atoms with Gasteiger partial charge < -0.3 is 5.32 Å². The van der Waals surface area contributed by atoms with Gasteiger partial charge in [0.2, 0.25) is 10.0 Å². The monoisotopic (exact) mass is 272 g/mol. The van der Waals surface area contributed by atoms with Crippen molar-refractivity contribution in [2.45, 2.75) is 56.7 Å². The molecule has 3 fully saturated rings. The first kappa shape index (κ1) is 12.9. The first-order valence-corrected chi connectivity index (χ1v) is 8.55. The highest BCUT2D eigenvalue weighted by molar-refractivity contribution is 7.90. The molecule has 5 heteroatoms. The Labute approximate surface area is 110 Å². The van der Waals surface area contributed by atoms with E-state index in [-0.39, 0.29) is 11.5 Å². The lowest BCUT2D eigenvalue weighted by Crippen LogP contribution is -2.43. The van der Waals surface area contributed by atoms with E-state index >= 15 is 0 Å². The fourth-order valence-corrected chi connectivity index (χ4v) is 5.81. The number of hydrogen-bond donors (Lipinski definition) is 1. The number of rotatable bonds is 2. The minimum atomic E-state index is -3.08. The van der Waals surface area contributed by atoms with E-state index in [4.69, 9.17) is 0 Å². The van der Waals surface area contributed by atoms with Gasteiger partial charge in [-0.3, -0.25) is 0 Å². The maximum Gasteiger partial charge on any atom is 0.219 e. The number of nitrogens with zero attached hydrogens (tertiary/aromatic N) is 1. The molecule has 3 aliphatic rings. The Morgan fingerprint density at radius 2 is 1.78 bits per heavy atom. The predicted octanol–water partition coefficient (Wildman–Crippen LogP) is 1.33. The Morgan fingerprint density at radius 1 is 1.17 bits per heavy atom. The van der Waals surface area contributed by atoms with Crippen LogP contribution in [0.25, 0.3) is 0 Å². The van der Waals surface area contributed by atoms with Crippen LogP contribution in [0.4, 0.5) is 0 Å². The lowest BCUT2D eigenvalue weighted by Gasteiger charge is -2.34. The quantitative estimate of drug-likeness (QED) is 0.825. The van der Waals surface area contributed by atoms with Crippen LogP contribution < -0.4 is 5.32 Å². The van der Waals surface area contributed by atoms with E-state index in [0.717, 1.165) is 51.7 Å². The van der Waals surface area contributed by atoms with Crippen molar-refractivity contribution in [1.82, 2.24) is 9.62 Å². The average molecular weight is 272 g/mol. The van der Waals surface area contributed by atoms with Crippen molar-refractivity contribution in [3.63, 3.8) is 0 Å². The maximum atomic E-state index is 12.7. The molecule has 1 aliphatic carbocycles. The molecule has 0 radical (unpaired) electrons. The van der Waals surface area contributed by atoms with Crippen molar-refractivity contribution in [1.29, 1.82) is 0 Å². The standard InChI is InChI=1S/C13H24N2O2S/c1-11-9-13(5-7-14-8-6-13)10-15(11)18(16,17)12(2)3-4-12/h11,14H,3-10H2,1-2H3. The molecule has 2 aliphatic heterocycles. The van der Waals surface area contributed by atoms with Gasteiger partial charge in [0.1, 0.15) is 0 Å². The van der Waals surface area contributed by atoms with E-state index in [1.165, 1.54) is 0 Å². The zero-order chi connectivity index (χ0) is 13.0. The van der Waals surface area contributed by atoms with Crippen molar-refractivity contribution in [3.8, 4) is 0 Å². The van der Waals surface area contributed by atoms with Gasteiger partial charge in [0.05, 0.1) is 4.75 Å². The molecule has 1 spiro atoms. The van der Waals surface area contributed by atoms with Crippen LogP contribution in [0, 0.1) is 5.41 Å². The average Bonchev–Trinajstić information content (AvgIpc) is 2.99. The van der Waals surface area contributed by atoms with E-state index in [2.05, 4.69) is 12.2 Å². The summed E-state index contributed by atoms with van der Waals surface area (Å²) in [6, 6.07) is 0.186. The maximum absolute atomic E-state index is 12.7. The predicted molar refractivity (Wildman–Crippen MR) is 71.9 cm³/mol. The van der Waals surface area contributed by atoms with Gasteiger partial charge in [-0.2, -0.15) is 4.31 Å². The van der Waals surface area contributed by atoms with E-state index in [0.29, 0.717) is 0 Å². The molecular weight excluding hydrogens is 248 g/mol. The van der Waals surface area contributed by atoms with Crippen LogP contribution in [0.3, 0.4) is 0 Å². The molecule has 4 nitrogen and oxygen atoms in total. The third kappa shape index (κ3) is 1.82. The Balaban J connectivity index is 1.82. The summed E-state index contributed by atoms with van der Waals surface area (Å²) in [7, 11) is -3.08. The van der Waals surface area contributed by atoms with Crippen molar-refractivity contribution in [2.75, 3.05) is 19.6 Å². The van der Waals surface area contributed by atoms with Crippen LogP contribution >= 0.6 is 0 Å². The third-order valence-electron chi connectivity index (χ3n) is 5.26. The summed E-state index contributed by atoms with van der Waals surface area (Å²) >= 11 is 0. The Hall–Kier alpha value is -0.130. The van der Waals surface area contributed by atoms with Crippen molar-refractivity contribution in [3.05, 3.63) is 0 Å². The molecule has 1 saturated carbocycles. The van der Waals surface area contributed by atoms with Crippen molar-refractivity contribution < 1.29 is 8.42 Å². The first-order valence-electron chi connectivity index (χ1n) is 7.11. The zero-order valence-electron chi connectivity index (χ0n) is 11.4. The summed E-state index contributed by atoms with van der Waals surface area (Å²) in [6.45, 7) is 6.83. The molecule has 104 valence electrons. The SMILES string of the molecule is CC1CC2(CCNCC2)CN1S(=O)(=O)C1(C)CC1. The number of piperidine rings is 1. The number of nitrogens with one attached hydrogen (secondary N) is 1. The minimum absolute atomic E-state index is 0.186. The van der Waals surface area contributed by atoms with Crippen LogP contribution in [-0.4, -0.2) is 43.1 Å². The summed E-state index contributed by atoms with van der Waals surface area (Å²) in [6.07, 6.45) is 4.98. The lowest BCUT2D eigenvalue weighted by molar-refractivity contribution is 0.217. The van der Waals surface area contributed by atoms with Gasteiger partial charge in [-0.15, -0.1) is 0 Å². The topological polar surface area (TPSA) is 49.4 Å². The Morgan fingerprint density at radius 3 is 2.33 bits per heavy atom. The van der Waals surface area contributed by atoms with E-state index in [1.54, 1.807) is 0 Å². The molecule has 0 amide bonds. The van der Waals surface area contributed by atoms with Gasteiger partial charge in [0, 0.05) is 12.6 Å². The summed E-state index contributed by atoms with van der Waals surface area (Å²) in [5, 5.41) is 3.38. The van der Waals surface area contributed by atoms with Crippen LogP contribution in [0.15, 0.2) is 0 Å². The number of hydrogen-bond acceptors (Lipinski definition) is 3. The molecule has 0 aromatic carbocycles. The summed E-state index contributed by atoms with van der Waals surface area (Å²) in [5.41, 5.74) is 0.253. The second-order valence-electron chi connectivity index (χ2n) is 6.80. The summed E-state index contributed by atoms with van der Waals surface area (Å²) in [5.74, 6) is 0. The molecule has 0 aromatic heterocycles. The van der Waals surface area contributed by atoms with Gasteiger partial charge in [-0.1, -0.05) is 0 Å². The second kappa shape index (κ2) is 3.93. The molecule has 0 aromatic rings. The molecule has 2 heterocycles. The minimum Gasteiger partial charge on any atom is -0.317 e. The molecule has 18 heavy (non-hydrogen) atoms. The molecule has 2 saturated heterocycles. The second-order valence-corrected chi connectivity index (χ2v) is 9.21. The van der Waals surface area contributed by atoms with E-state index < -0.39 is 14.8 Å². The Bertz CT molecular complexity index is 436. The van der Waals surface area contributed by atoms with Crippen LogP contribution in [0.5, 0.6) is 0 Å². The molecule has 1 unspecified atom stereocenters. The summed E-state index contributed by atoms with van der Waals surface area (Å²) < 4.78 is 26.7. The third-order valence-corrected chi connectivity index (χ3v) is 8.02. The fourth-order valence-electron chi connectivity index (χ4n) is 3.64. The van der Waals surface area contributed by atoms with Crippen LogP contribution in [0.1, 0.15) is 46.0 Å². The lowest BCUT2D eigenvalue weighted by atomic mass is 9.77. The largest absolute Gasteiger partial charge is 0.317 e. The smallest absolute Gasteiger partial charge is 0.219 e. The van der Waals surface area contributed by atoms with Gasteiger partial charge in [-0.25, -0.2) is 8.42 Å². The molecule has 1 atom stereocenters. The normalized spacial score (nSPS) is 34.9. The van der Waals surface area contributed by atoms with Gasteiger partial charge >= 0.3 is 0 Å². The number of sulfonamides is 1. The summed E-state index contributed by atoms with van der Waals surface area (Å²) in [4.78, 5) is 0. The molecular formula is C13H24N2O2S. The fraction of sp³-hybridized carbons (Fsp3) is 1.00. The van der Waals surface area contributed by atoms with Crippen LogP contribution in [0.2, 0.25) is 0 Å². The molecule has 3 rings (SSSR count). The highest BCUT2D eigenvalue weighted by Crippen LogP contribution is 2.50. The molecule has 0 bridgehead atoms. The Kier molecular flexibility index (Phi) is 2.81. The zero-order valence-corrected chi connectivity index (χ0v) is 12.2. The van der Waals surface area contributed by atoms with Gasteiger partial charge in [0.15, 0.2) is 0 Å². The van der Waals surface area contributed by atoms with Crippen molar-refractivity contribution in [2.24, 2.45) is 5.41 Å².